The molecule has 4 heteroatoms. The van der Waals surface area contributed by atoms with Crippen molar-refractivity contribution in [1.29, 1.82) is 0 Å². The average molecular weight is 251 g/mol. The molecule has 0 saturated heterocycles. The van der Waals surface area contributed by atoms with Gasteiger partial charge in [0.2, 0.25) is 0 Å². The van der Waals surface area contributed by atoms with Gasteiger partial charge >= 0.3 is 0 Å². The summed E-state index contributed by atoms with van der Waals surface area (Å²) in [6.45, 7) is 5.72. The fraction of sp³-hybridized carbons (Fsp3) is 0.769. The number of aromatic nitrogens is 1. The summed E-state index contributed by atoms with van der Waals surface area (Å²) in [4.78, 5) is 2.58. The zero-order valence-corrected chi connectivity index (χ0v) is 11.5. The number of rotatable bonds is 5. The smallest absolute Gasteiger partial charge is 0.142 e. The molecule has 0 amide bonds. The normalized spacial score (nSPS) is 19.9. The van der Waals surface area contributed by atoms with Crippen molar-refractivity contribution in [1.82, 2.24) is 4.37 Å². The molecule has 0 spiro atoms. The van der Waals surface area contributed by atoms with Gasteiger partial charge in [-0.2, -0.15) is 4.37 Å². The van der Waals surface area contributed by atoms with E-state index in [2.05, 4.69) is 23.1 Å². The molecule has 2 aliphatic rings. The largest absolute Gasteiger partial charge is 0.383 e. The van der Waals surface area contributed by atoms with Crippen LogP contribution in [0.4, 0.5) is 10.8 Å². The minimum Gasteiger partial charge on any atom is -0.383 e. The van der Waals surface area contributed by atoms with E-state index >= 15 is 0 Å². The van der Waals surface area contributed by atoms with Crippen molar-refractivity contribution in [3.05, 3.63) is 5.56 Å². The van der Waals surface area contributed by atoms with E-state index in [1.807, 2.05) is 0 Å². The Morgan fingerprint density at radius 3 is 2.59 bits per heavy atom. The third kappa shape index (κ3) is 2.28. The molecule has 1 aromatic heterocycles. The SMILES string of the molecule is CC(C)CN(c1snc(N)c1C1CC1)C1CC1. The van der Waals surface area contributed by atoms with Crippen molar-refractivity contribution in [2.45, 2.75) is 51.5 Å². The van der Waals surface area contributed by atoms with Crippen LogP contribution in [-0.4, -0.2) is 17.0 Å². The zero-order chi connectivity index (χ0) is 12.0. The highest BCUT2D eigenvalue weighted by atomic mass is 32.1. The van der Waals surface area contributed by atoms with Crippen LogP contribution in [-0.2, 0) is 0 Å². The van der Waals surface area contributed by atoms with Crippen molar-refractivity contribution in [2.24, 2.45) is 5.92 Å². The molecule has 0 bridgehead atoms. The molecule has 0 unspecified atom stereocenters. The predicted octanol–water partition coefficient (Wildman–Crippen LogP) is 3.23. The van der Waals surface area contributed by atoms with E-state index in [1.165, 1.54) is 36.2 Å². The quantitative estimate of drug-likeness (QED) is 0.873. The average Bonchev–Trinajstić information content (AvgIpc) is 3.14. The van der Waals surface area contributed by atoms with E-state index in [4.69, 9.17) is 5.73 Å². The van der Waals surface area contributed by atoms with Crippen LogP contribution in [0.2, 0.25) is 0 Å². The van der Waals surface area contributed by atoms with Gasteiger partial charge in [0.15, 0.2) is 0 Å². The summed E-state index contributed by atoms with van der Waals surface area (Å²) in [7, 11) is 0. The molecule has 2 N–H and O–H groups in total. The number of anilines is 2. The third-order valence-electron chi connectivity index (χ3n) is 3.53. The van der Waals surface area contributed by atoms with Gasteiger partial charge in [0.25, 0.3) is 0 Å². The van der Waals surface area contributed by atoms with Crippen LogP contribution in [0.5, 0.6) is 0 Å². The van der Waals surface area contributed by atoms with Gasteiger partial charge in [-0.15, -0.1) is 0 Å². The molecular formula is C13H21N3S. The van der Waals surface area contributed by atoms with Crippen molar-refractivity contribution in [2.75, 3.05) is 17.2 Å². The molecule has 0 radical (unpaired) electrons. The van der Waals surface area contributed by atoms with Gasteiger partial charge in [0, 0.05) is 18.2 Å². The van der Waals surface area contributed by atoms with E-state index in [9.17, 15) is 0 Å². The fourth-order valence-corrected chi connectivity index (χ4v) is 3.42. The molecular weight excluding hydrogens is 230 g/mol. The van der Waals surface area contributed by atoms with Crippen molar-refractivity contribution in [3.63, 3.8) is 0 Å². The first-order valence-electron chi connectivity index (χ1n) is 6.68. The van der Waals surface area contributed by atoms with Gasteiger partial charge < -0.3 is 10.6 Å². The molecule has 1 aromatic rings. The predicted molar refractivity (Wildman–Crippen MR) is 73.7 cm³/mol. The summed E-state index contributed by atoms with van der Waals surface area (Å²) in [5, 5.41) is 1.38. The lowest BCUT2D eigenvalue weighted by Crippen LogP contribution is -2.29. The highest BCUT2D eigenvalue weighted by Gasteiger charge is 2.37. The van der Waals surface area contributed by atoms with Gasteiger partial charge in [0.1, 0.15) is 10.8 Å². The highest BCUT2D eigenvalue weighted by molar-refractivity contribution is 7.10. The summed E-state index contributed by atoms with van der Waals surface area (Å²) in [6.07, 6.45) is 5.29. The Labute approximate surface area is 107 Å². The summed E-state index contributed by atoms with van der Waals surface area (Å²) in [6, 6.07) is 0.759. The minimum absolute atomic E-state index is 0.700. The molecule has 0 aliphatic heterocycles. The second-order valence-corrected chi connectivity index (χ2v) is 6.59. The third-order valence-corrected chi connectivity index (χ3v) is 4.45. The summed E-state index contributed by atoms with van der Waals surface area (Å²) in [5.41, 5.74) is 7.41. The maximum Gasteiger partial charge on any atom is 0.142 e. The molecule has 3 rings (SSSR count). The topological polar surface area (TPSA) is 42.2 Å². The first-order chi connectivity index (χ1) is 8.16. The van der Waals surface area contributed by atoms with Crippen LogP contribution in [0, 0.1) is 5.92 Å². The maximum atomic E-state index is 6.04. The van der Waals surface area contributed by atoms with Crippen LogP contribution >= 0.6 is 11.5 Å². The van der Waals surface area contributed by atoms with E-state index in [0.29, 0.717) is 11.8 Å². The first-order valence-corrected chi connectivity index (χ1v) is 7.46. The van der Waals surface area contributed by atoms with Gasteiger partial charge in [0.05, 0.1) is 0 Å². The Morgan fingerprint density at radius 1 is 1.35 bits per heavy atom. The van der Waals surface area contributed by atoms with E-state index in [1.54, 1.807) is 11.5 Å². The first kappa shape index (κ1) is 11.3. The number of nitrogen functional groups attached to an aromatic ring is 1. The van der Waals surface area contributed by atoms with Crippen molar-refractivity contribution in [3.8, 4) is 0 Å². The standard InChI is InChI=1S/C13H21N3S/c1-8(2)7-16(10-5-6-10)13-11(9-3-4-9)12(14)15-17-13/h8-10H,3-7H2,1-2H3,(H2,14,15). The van der Waals surface area contributed by atoms with Crippen LogP contribution in [0.25, 0.3) is 0 Å². The number of hydrogen-bond acceptors (Lipinski definition) is 4. The Morgan fingerprint density at radius 2 is 2.06 bits per heavy atom. The van der Waals surface area contributed by atoms with Crippen molar-refractivity contribution >= 4 is 22.4 Å². The maximum absolute atomic E-state index is 6.04. The lowest BCUT2D eigenvalue weighted by atomic mass is 10.1. The number of nitrogens with two attached hydrogens (primary N) is 1. The van der Waals surface area contributed by atoms with Gasteiger partial charge in [-0.25, -0.2) is 0 Å². The monoisotopic (exact) mass is 251 g/mol. The van der Waals surface area contributed by atoms with Crippen LogP contribution in [0.3, 0.4) is 0 Å². The Bertz CT molecular complexity index is 405. The number of nitrogens with zero attached hydrogens (tertiary/aromatic N) is 2. The molecule has 2 aliphatic carbocycles. The summed E-state index contributed by atoms with van der Waals surface area (Å²) in [5.74, 6) is 2.20. The van der Waals surface area contributed by atoms with Crippen LogP contribution in [0.1, 0.15) is 51.0 Å². The van der Waals surface area contributed by atoms with E-state index < -0.39 is 0 Å². The Kier molecular flexibility index (Phi) is 2.77. The highest BCUT2D eigenvalue weighted by Crippen LogP contribution is 2.50. The van der Waals surface area contributed by atoms with Gasteiger partial charge in [-0.3, -0.25) is 0 Å². The summed E-state index contributed by atoms with van der Waals surface area (Å²) >= 11 is 1.61. The van der Waals surface area contributed by atoms with Crippen LogP contribution < -0.4 is 10.6 Å². The lowest BCUT2D eigenvalue weighted by molar-refractivity contribution is 0.609. The second kappa shape index (κ2) is 4.16. The molecule has 1 heterocycles. The molecule has 2 fully saturated rings. The minimum atomic E-state index is 0.700. The van der Waals surface area contributed by atoms with Crippen LogP contribution in [0.15, 0.2) is 0 Å². The van der Waals surface area contributed by atoms with E-state index in [0.717, 1.165) is 18.4 Å². The Hall–Kier alpha value is -0.770. The molecule has 2 saturated carbocycles. The molecule has 94 valence electrons. The molecule has 0 aromatic carbocycles. The molecule has 0 atom stereocenters. The molecule has 3 nitrogen and oxygen atoms in total. The molecule has 17 heavy (non-hydrogen) atoms. The zero-order valence-electron chi connectivity index (χ0n) is 10.6. The van der Waals surface area contributed by atoms with Gasteiger partial charge in [-0.05, 0) is 49.1 Å². The number of hydrogen-bond donors (Lipinski definition) is 1. The summed E-state index contributed by atoms with van der Waals surface area (Å²) < 4.78 is 4.39. The van der Waals surface area contributed by atoms with Gasteiger partial charge in [-0.1, -0.05) is 13.8 Å². The van der Waals surface area contributed by atoms with Crippen molar-refractivity contribution < 1.29 is 0 Å². The lowest BCUT2D eigenvalue weighted by Gasteiger charge is -2.26. The van der Waals surface area contributed by atoms with E-state index in [-0.39, 0.29) is 0 Å². The Balaban J connectivity index is 1.89. The second-order valence-electron chi connectivity index (χ2n) is 5.84. The fourth-order valence-electron chi connectivity index (χ4n) is 2.44.